The van der Waals surface area contributed by atoms with E-state index in [0.29, 0.717) is 5.56 Å². The molecule has 0 saturated carbocycles. The Morgan fingerprint density at radius 1 is 1.40 bits per heavy atom. The molecule has 0 atom stereocenters. The zero-order valence-electron chi connectivity index (χ0n) is 7.51. The summed E-state index contributed by atoms with van der Waals surface area (Å²) in [6.45, 7) is 0.221. The summed E-state index contributed by atoms with van der Waals surface area (Å²) in [6.07, 6.45) is 1.86. The smallest absolute Gasteiger partial charge is 0.411 e. The van der Waals surface area contributed by atoms with E-state index in [1.165, 1.54) is 29.0 Å². The minimum atomic E-state index is -1.04. The van der Waals surface area contributed by atoms with Crippen LogP contribution in [0.3, 0.4) is 0 Å². The molecule has 5 nitrogen and oxygen atoms in total. The van der Waals surface area contributed by atoms with Gasteiger partial charge in [-0.05, 0) is 6.08 Å². The van der Waals surface area contributed by atoms with Crippen molar-refractivity contribution in [3.8, 4) is 0 Å². The fourth-order valence-electron chi connectivity index (χ4n) is 1.38. The highest BCUT2D eigenvalue weighted by Crippen LogP contribution is 2.29. The lowest BCUT2D eigenvalue weighted by Gasteiger charge is -2.17. The lowest BCUT2D eigenvalue weighted by Crippen LogP contribution is -2.24. The quantitative estimate of drug-likeness (QED) is 0.765. The number of aromatic carboxylic acids is 1. The first kappa shape index (κ1) is 9.72. The van der Waals surface area contributed by atoms with Gasteiger partial charge in [-0.2, -0.15) is 0 Å². The van der Waals surface area contributed by atoms with Gasteiger partial charge in [0.05, 0.1) is 12.1 Å². The van der Waals surface area contributed by atoms with Crippen LogP contribution in [0.25, 0.3) is 6.08 Å². The highest BCUT2D eigenvalue weighted by molar-refractivity contribution is 7.10. The highest BCUT2D eigenvalue weighted by atomic mass is 32.1. The number of carboxylic acid groups (broad SMARTS) is 2. The molecule has 1 aliphatic rings. The van der Waals surface area contributed by atoms with Crippen LogP contribution in [0, 0.1) is 0 Å². The molecule has 0 aliphatic carbocycles. The van der Waals surface area contributed by atoms with Crippen molar-refractivity contribution < 1.29 is 19.8 Å². The SMILES string of the molecule is O=C(O)c1csc2c1C=CN(C(=O)O)C2. The molecule has 0 fully saturated rings. The predicted octanol–water partition coefficient (Wildman–Crippen LogP) is 1.91. The maximum absolute atomic E-state index is 10.8. The van der Waals surface area contributed by atoms with E-state index in [1.807, 2.05) is 0 Å². The number of rotatable bonds is 1. The second-order valence-corrected chi connectivity index (χ2v) is 3.98. The molecule has 0 aromatic carbocycles. The minimum absolute atomic E-state index is 0.221. The summed E-state index contributed by atoms with van der Waals surface area (Å²) in [5, 5.41) is 19.1. The molecule has 1 aromatic heterocycles. The van der Waals surface area contributed by atoms with Crippen molar-refractivity contribution in [3.63, 3.8) is 0 Å². The molecule has 0 unspecified atom stereocenters. The third-order valence-corrected chi connectivity index (χ3v) is 3.11. The van der Waals surface area contributed by atoms with Crippen LogP contribution in [0.5, 0.6) is 0 Å². The lowest BCUT2D eigenvalue weighted by atomic mass is 10.1. The minimum Gasteiger partial charge on any atom is -0.478 e. The van der Waals surface area contributed by atoms with E-state index in [4.69, 9.17) is 10.2 Å². The van der Waals surface area contributed by atoms with Gasteiger partial charge >= 0.3 is 12.1 Å². The molecule has 15 heavy (non-hydrogen) atoms. The van der Waals surface area contributed by atoms with Crippen molar-refractivity contribution >= 4 is 29.5 Å². The van der Waals surface area contributed by atoms with E-state index in [2.05, 4.69) is 0 Å². The number of amides is 1. The van der Waals surface area contributed by atoms with Crippen LogP contribution in [-0.2, 0) is 6.54 Å². The first-order valence-electron chi connectivity index (χ1n) is 4.11. The molecule has 6 heteroatoms. The second-order valence-electron chi connectivity index (χ2n) is 3.02. The van der Waals surface area contributed by atoms with Crippen molar-refractivity contribution in [1.82, 2.24) is 4.90 Å². The molecule has 1 aliphatic heterocycles. The van der Waals surface area contributed by atoms with Gasteiger partial charge in [0.15, 0.2) is 0 Å². The van der Waals surface area contributed by atoms with Crippen molar-refractivity contribution in [1.29, 1.82) is 0 Å². The maximum atomic E-state index is 10.8. The Kier molecular flexibility index (Phi) is 2.20. The Morgan fingerprint density at radius 3 is 2.73 bits per heavy atom. The summed E-state index contributed by atoms with van der Waals surface area (Å²) >= 11 is 1.26. The fourth-order valence-corrected chi connectivity index (χ4v) is 2.39. The summed E-state index contributed by atoms with van der Waals surface area (Å²) in [5.74, 6) is -0.985. The molecule has 0 radical (unpaired) electrons. The number of hydrogen-bond donors (Lipinski definition) is 2. The van der Waals surface area contributed by atoms with Gasteiger partial charge < -0.3 is 10.2 Å². The van der Waals surface area contributed by atoms with Gasteiger partial charge in [0.25, 0.3) is 0 Å². The van der Waals surface area contributed by atoms with Gasteiger partial charge in [0, 0.05) is 22.0 Å². The van der Waals surface area contributed by atoms with Crippen LogP contribution in [-0.4, -0.2) is 27.2 Å². The van der Waals surface area contributed by atoms with Crippen LogP contribution in [0.2, 0.25) is 0 Å². The highest BCUT2D eigenvalue weighted by Gasteiger charge is 2.21. The third-order valence-electron chi connectivity index (χ3n) is 2.12. The molecule has 2 N–H and O–H groups in total. The molecule has 1 amide bonds. The summed E-state index contributed by atoms with van der Waals surface area (Å²) in [7, 11) is 0. The van der Waals surface area contributed by atoms with E-state index in [9.17, 15) is 9.59 Å². The predicted molar refractivity (Wildman–Crippen MR) is 53.9 cm³/mol. The van der Waals surface area contributed by atoms with Crippen LogP contribution >= 0.6 is 11.3 Å². The largest absolute Gasteiger partial charge is 0.478 e. The summed E-state index contributed by atoms with van der Waals surface area (Å²) in [5.41, 5.74) is 0.848. The average molecular weight is 225 g/mol. The number of carbonyl (C=O) groups is 2. The number of fused-ring (bicyclic) bond motifs is 1. The standard InChI is InChI=1S/C9H7NO4S/c11-8(12)6-4-15-7-3-10(9(13)14)2-1-5(6)7/h1-2,4H,3H2,(H,11,12)(H,13,14). The average Bonchev–Trinajstić information content (AvgIpc) is 2.59. The first-order valence-corrected chi connectivity index (χ1v) is 4.99. The molecule has 2 rings (SSSR count). The van der Waals surface area contributed by atoms with E-state index in [0.717, 1.165) is 9.78 Å². The van der Waals surface area contributed by atoms with Crippen molar-refractivity contribution in [2.24, 2.45) is 0 Å². The van der Waals surface area contributed by atoms with Crippen molar-refractivity contribution in [3.05, 3.63) is 27.6 Å². The van der Waals surface area contributed by atoms with Crippen LogP contribution < -0.4 is 0 Å². The van der Waals surface area contributed by atoms with Gasteiger partial charge in [-0.1, -0.05) is 0 Å². The molecular weight excluding hydrogens is 218 g/mol. The van der Waals surface area contributed by atoms with Crippen LogP contribution in [0.4, 0.5) is 4.79 Å². The van der Waals surface area contributed by atoms with E-state index in [1.54, 1.807) is 0 Å². The van der Waals surface area contributed by atoms with Crippen LogP contribution in [0.1, 0.15) is 20.8 Å². The zero-order chi connectivity index (χ0) is 11.0. The fraction of sp³-hybridized carbons (Fsp3) is 0.111. The van der Waals surface area contributed by atoms with Gasteiger partial charge in [-0.15, -0.1) is 11.3 Å². The van der Waals surface area contributed by atoms with Crippen molar-refractivity contribution in [2.45, 2.75) is 6.54 Å². The zero-order valence-corrected chi connectivity index (χ0v) is 8.32. The third kappa shape index (κ3) is 1.59. The Labute approximate surface area is 88.9 Å². The maximum Gasteiger partial charge on any atom is 0.411 e. The van der Waals surface area contributed by atoms with Gasteiger partial charge in [-0.25, -0.2) is 9.59 Å². The van der Waals surface area contributed by atoms with E-state index < -0.39 is 12.1 Å². The molecule has 2 heterocycles. The lowest BCUT2D eigenvalue weighted by molar-refractivity contribution is 0.0697. The Hall–Kier alpha value is -1.82. The Bertz CT molecular complexity index is 463. The van der Waals surface area contributed by atoms with E-state index in [-0.39, 0.29) is 12.1 Å². The number of hydrogen-bond acceptors (Lipinski definition) is 3. The second kappa shape index (κ2) is 3.39. The molecule has 1 aromatic rings. The van der Waals surface area contributed by atoms with Gasteiger partial charge in [-0.3, -0.25) is 4.90 Å². The number of carboxylic acids is 1. The van der Waals surface area contributed by atoms with Crippen molar-refractivity contribution in [2.75, 3.05) is 0 Å². The molecule has 78 valence electrons. The van der Waals surface area contributed by atoms with E-state index >= 15 is 0 Å². The first-order chi connectivity index (χ1) is 7.09. The Balaban J connectivity index is 2.38. The summed E-state index contributed by atoms with van der Waals surface area (Å²) in [4.78, 5) is 23.3. The topological polar surface area (TPSA) is 77.8 Å². The number of nitrogens with zero attached hydrogens (tertiary/aromatic N) is 1. The molecular formula is C9H7NO4S. The van der Waals surface area contributed by atoms with Gasteiger partial charge in [0.2, 0.25) is 0 Å². The molecule has 0 bridgehead atoms. The monoisotopic (exact) mass is 225 g/mol. The number of thiophene rings is 1. The Morgan fingerprint density at radius 2 is 2.13 bits per heavy atom. The summed E-state index contributed by atoms with van der Waals surface area (Å²) in [6, 6.07) is 0. The normalized spacial score (nSPS) is 13.7. The summed E-state index contributed by atoms with van der Waals surface area (Å²) < 4.78 is 0. The van der Waals surface area contributed by atoms with Crippen LogP contribution in [0.15, 0.2) is 11.6 Å². The molecule has 0 spiro atoms. The molecule has 0 saturated heterocycles. The van der Waals surface area contributed by atoms with Gasteiger partial charge in [0.1, 0.15) is 0 Å².